The highest BCUT2D eigenvalue weighted by Crippen LogP contribution is 2.44. The molecular weight excluding hydrogens is 563 g/mol. The molecule has 3 aliphatic rings. The second-order valence-corrected chi connectivity index (χ2v) is 11.7. The van der Waals surface area contributed by atoms with E-state index in [0.717, 1.165) is 31.3 Å². The molecule has 1 saturated heterocycles. The average molecular weight is 586 g/mol. The summed E-state index contributed by atoms with van der Waals surface area (Å²) in [6.07, 6.45) is 5.26. The van der Waals surface area contributed by atoms with E-state index in [1.165, 1.54) is 23.5 Å². The molecule has 1 aromatic carbocycles. The average Bonchev–Trinajstić information content (AvgIpc) is 3.30. The van der Waals surface area contributed by atoms with Crippen molar-refractivity contribution in [3.05, 3.63) is 74.2 Å². The first-order valence-electron chi connectivity index (χ1n) is 11.6. The molecule has 202 valence electrons. The van der Waals surface area contributed by atoms with Crippen LogP contribution in [-0.2, 0) is 10.2 Å². The molecule has 2 aliphatic heterocycles. The largest absolute Gasteiger partial charge is 0.336 e. The Labute approximate surface area is 226 Å². The van der Waals surface area contributed by atoms with E-state index in [-0.39, 0.29) is 29.6 Å². The molecule has 2 aromatic rings. The van der Waals surface area contributed by atoms with E-state index in [4.69, 9.17) is 22.0 Å². The molecule has 0 unspecified atom stereocenters. The van der Waals surface area contributed by atoms with Gasteiger partial charge in [0.15, 0.2) is 10.8 Å². The van der Waals surface area contributed by atoms with Gasteiger partial charge in [-0.2, -0.15) is 26.6 Å². The molecule has 9 nitrogen and oxygen atoms in total. The molecule has 0 bridgehead atoms. The third-order valence-corrected chi connectivity index (χ3v) is 8.58. The number of amidine groups is 1. The first-order chi connectivity index (χ1) is 18.1. The summed E-state index contributed by atoms with van der Waals surface area (Å²) in [6, 6.07) is 2.23. The fourth-order valence-corrected chi connectivity index (χ4v) is 6.75. The van der Waals surface area contributed by atoms with E-state index in [1.807, 2.05) is 5.32 Å². The minimum Gasteiger partial charge on any atom is -0.336 e. The molecule has 0 amide bonds. The molecule has 0 radical (unpaired) electrons. The van der Waals surface area contributed by atoms with Gasteiger partial charge in [0, 0.05) is 70.9 Å². The highest BCUT2D eigenvalue weighted by atomic mass is 35.5. The van der Waals surface area contributed by atoms with Crippen molar-refractivity contribution < 1.29 is 21.6 Å². The van der Waals surface area contributed by atoms with Crippen LogP contribution in [0, 0.1) is 11.2 Å². The van der Waals surface area contributed by atoms with Gasteiger partial charge in [-0.3, -0.25) is 4.99 Å². The van der Waals surface area contributed by atoms with E-state index >= 15 is 0 Å². The maximum absolute atomic E-state index is 13.9. The Morgan fingerprint density at radius 2 is 2.03 bits per heavy atom. The van der Waals surface area contributed by atoms with Gasteiger partial charge in [-0.05, 0) is 30.5 Å². The van der Waals surface area contributed by atoms with Crippen LogP contribution < -0.4 is 14.8 Å². The van der Waals surface area contributed by atoms with Crippen LogP contribution in [0.5, 0.6) is 0 Å². The lowest BCUT2D eigenvalue weighted by atomic mass is 9.89. The fraction of sp³-hybridized carbons (Fsp3) is 0.348. The van der Waals surface area contributed by atoms with Crippen molar-refractivity contribution in [3.63, 3.8) is 0 Å². The quantitative estimate of drug-likeness (QED) is 0.250. The van der Waals surface area contributed by atoms with Gasteiger partial charge in [-0.25, -0.2) is 9.37 Å². The van der Waals surface area contributed by atoms with Gasteiger partial charge in [0.1, 0.15) is 11.9 Å². The van der Waals surface area contributed by atoms with E-state index in [0.29, 0.717) is 27.7 Å². The molecule has 3 heterocycles. The Morgan fingerprint density at radius 1 is 1.26 bits per heavy atom. The highest BCUT2D eigenvalue weighted by Gasteiger charge is 2.42. The molecule has 2 atom stereocenters. The first kappa shape index (κ1) is 26.8. The molecule has 1 aromatic heterocycles. The summed E-state index contributed by atoms with van der Waals surface area (Å²) >= 11 is 7.74. The van der Waals surface area contributed by atoms with Crippen molar-refractivity contribution in [2.75, 3.05) is 6.54 Å². The number of alkyl halides is 2. The minimum atomic E-state index is -3.79. The number of halogens is 4. The lowest BCUT2D eigenvalue weighted by Crippen LogP contribution is -2.45. The van der Waals surface area contributed by atoms with Crippen LogP contribution in [0.1, 0.15) is 35.9 Å². The summed E-state index contributed by atoms with van der Waals surface area (Å²) in [4.78, 5) is 11.0. The van der Waals surface area contributed by atoms with Crippen LogP contribution in [0.15, 0.2) is 57.8 Å². The summed E-state index contributed by atoms with van der Waals surface area (Å²) in [5.41, 5.74) is 1.44. The number of fused-ring (bicyclic) bond motifs is 1. The smallest absolute Gasteiger partial charge is 0.312 e. The normalized spacial score (nSPS) is 22.1. The number of hydrogen-bond donors (Lipinski definition) is 4. The van der Waals surface area contributed by atoms with Crippen molar-refractivity contribution in [1.82, 2.24) is 24.6 Å². The van der Waals surface area contributed by atoms with E-state index in [2.05, 4.69) is 14.4 Å². The molecule has 38 heavy (non-hydrogen) atoms. The lowest BCUT2D eigenvalue weighted by molar-refractivity contribution is 0.125. The van der Waals surface area contributed by atoms with Crippen molar-refractivity contribution in [2.24, 2.45) is 4.99 Å². The van der Waals surface area contributed by atoms with Crippen LogP contribution in [-0.4, -0.2) is 55.5 Å². The number of hydrogen-bond acceptors (Lipinski definition) is 8. The number of thiazole rings is 1. The molecule has 4 N–H and O–H groups in total. The summed E-state index contributed by atoms with van der Waals surface area (Å²) in [5.74, 6) is -0.123. The van der Waals surface area contributed by atoms with Gasteiger partial charge in [0.05, 0.1) is 0 Å². The standard InChI is InChI=1S/C23H23ClF3N7O2S2/c24-17-7-13(25)1-4-16(17)20-19(12(9-28)10-30-23(26)27)18-8-15(33-38(35,36)32-14-2-3-14)11-34(18)21(31-20)22-29-5-6-37-22/h1,4-7,9-10,14-15,20,23,28,30,32-33H,2-3,8,11H2/b12-10+,28-9?/t15-,20-/m0/s1. The molecule has 1 aliphatic carbocycles. The zero-order chi connectivity index (χ0) is 27.0. The number of nitrogens with one attached hydrogen (secondary N) is 4. The Balaban J connectivity index is 1.64. The monoisotopic (exact) mass is 585 g/mol. The van der Waals surface area contributed by atoms with Gasteiger partial charge in [0.25, 0.3) is 10.2 Å². The van der Waals surface area contributed by atoms with Crippen LogP contribution in [0.3, 0.4) is 0 Å². The van der Waals surface area contributed by atoms with Crippen LogP contribution >= 0.6 is 22.9 Å². The SMILES string of the molecule is N=C/C(=C\NC(F)F)C1=C2C[C@H](NS(=O)(=O)NC3CC3)CN2C(c2nccs2)=N[C@H]1c1ccc(F)cc1Cl. The summed E-state index contributed by atoms with van der Waals surface area (Å²) in [6.45, 7) is -2.69. The number of aromatic nitrogens is 1. The van der Waals surface area contributed by atoms with Gasteiger partial charge in [0.2, 0.25) is 0 Å². The highest BCUT2D eigenvalue weighted by molar-refractivity contribution is 7.87. The van der Waals surface area contributed by atoms with Gasteiger partial charge < -0.3 is 15.6 Å². The van der Waals surface area contributed by atoms with Crippen LogP contribution in [0.2, 0.25) is 5.02 Å². The second-order valence-electron chi connectivity index (χ2n) is 8.96. The van der Waals surface area contributed by atoms with Crippen LogP contribution in [0.25, 0.3) is 0 Å². The maximum atomic E-state index is 13.9. The van der Waals surface area contributed by atoms with Crippen molar-refractivity contribution >= 4 is 45.2 Å². The molecule has 5 rings (SSSR count). The Kier molecular flexibility index (Phi) is 7.60. The van der Waals surface area contributed by atoms with E-state index in [9.17, 15) is 21.6 Å². The summed E-state index contributed by atoms with van der Waals surface area (Å²) < 4.78 is 70.6. The number of rotatable bonds is 10. The summed E-state index contributed by atoms with van der Waals surface area (Å²) in [5, 5.41) is 12.3. The maximum Gasteiger partial charge on any atom is 0.312 e. The predicted molar refractivity (Wildman–Crippen MR) is 139 cm³/mol. The van der Waals surface area contributed by atoms with Crippen LogP contribution in [0.4, 0.5) is 13.2 Å². The molecule has 1 saturated carbocycles. The van der Waals surface area contributed by atoms with Gasteiger partial charge in [-0.1, -0.05) is 17.7 Å². The molecular formula is C23H23ClF3N7O2S2. The molecule has 0 spiro atoms. The van der Waals surface area contributed by atoms with Gasteiger partial charge in [-0.15, -0.1) is 11.3 Å². The van der Waals surface area contributed by atoms with Crippen molar-refractivity contribution in [3.8, 4) is 0 Å². The third kappa shape index (κ3) is 5.78. The Hall–Kier alpha value is -2.78. The van der Waals surface area contributed by atoms with E-state index in [1.54, 1.807) is 16.5 Å². The first-order valence-corrected chi connectivity index (χ1v) is 14.4. The van der Waals surface area contributed by atoms with E-state index < -0.39 is 34.7 Å². The topological polar surface area (TPSA) is 123 Å². The second kappa shape index (κ2) is 10.8. The van der Waals surface area contributed by atoms with Crippen molar-refractivity contribution in [2.45, 2.75) is 43.9 Å². The predicted octanol–water partition coefficient (Wildman–Crippen LogP) is 3.70. The zero-order valence-electron chi connectivity index (χ0n) is 19.7. The lowest BCUT2D eigenvalue weighted by Gasteiger charge is -2.33. The number of benzene rings is 1. The fourth-order valence-electron chi connectivity index (χ4n) is 4.50. The van der Waals surface area contributed by atoms with Crippen molar-refractivity contribution in [1.29, 1.82) is 5.41 Å². The summed E-state index contributed by atoms with van der Waals surface area (Å²) in [7, 11) is -3.79. The zero-order valence-corrected chi connectivity index (χ0v) is 22.1. The Bertz CT molecular complexity index is 1430. The molecule has 2 fully saturated rings. The molecule has 15 heteroatoms. The third-order valence-electron chi connectivity index (χ3n) is 6.19. The van der Waals surface area contributed by atoms with Gasteiger partial charge >= 0.3 is 6.55 Å². The number of nitrogens with zero attached hydrogens (tertiary/aromatic N) is 3. The minimum absolute atomic E-state index is 0.0684. The Morgan fingerprint density at radius 3 is 2.66 bits per heavy atom. The number of aliphatic imine (C=N–C) groups is 1.